The third kappa shape index (κ3) is 3.52. The molecule has 196 valence electrons. The maximum Gasteiger partial charge on any atom is 0.125 e. The van der Waals surface area contributed by atoms with E-state index in [4.69, 9.17) is 14.5 Å². The van der Waals surface area contributed by atoms with Crippen molar-refractivity contribution in [3.63, 3.8) is 0 Å². The summed E-state index contributed by atoms with van der Waals surface area (Å²) in [4.78, 5) is 9.47. The summed E-state index contributed by atoms with van der Waals surface area (Å²) < 4.78 is 13.7. The molecule has 7 aliphatic rings. The van der Waals surface area contributed by atoms with Crippen LogP contribution in [0.2, 0.25) is 0 Å². The summed E-state index contributed by atoms with van der Waals surface area (Å²) in [5, 5.41) is 3.30. The molecule has 1 saturated heterocycles. The smallest absolute Gasteiger partial charge is 0.125 e. The Kier molecular flexibility index (Phi) is 5.39. The van der Waals surface area contributed by atoms with E-state index in [1.165, 1.54) is 16.7 Å². The molecule has 39 heavy (non-hydrogen) atoms. The van der Waals surface area contributed by atoms with E-state index in [9.17, 15) is 0 Å². The molecule has 0 bridgehead atoms. The SMILES string of the molecule is C1=CCC(C2=CC3Oc4ccccc4C4(C5=CCCC=C5OC5C=C(C6=NC=CNC6)C=CC54)C3CC2)N=C1. The van der Waals surface area contributed by atoms with Crippen molar-refractivity contribution in [3.05, 3.63) is 113 Å². The van der Waals surface area contributed by atoms with Gasteiger partial charge in [0.25, 0.3) is 0 Å². The van der Waals surface area contributed by atoms with Gasteiger partial charge in [0, 0.05) is 47.0 Å². The standard InChI is InChI=1S/C34H33N3O2/c1-3-10-30-24(7-1)34(26-14-12-22(19-32(26)38-30)28-9-5-6-16-36-28)25-8-2-4-11-31(25)39-33-20-23(13-15-27(33)34)29-21-35-17-18-37-29/h1,3,5-8,10-11,13,15-20,26-28,32-33,35H,2,4,9,12,14,21H2. The zero-order valence-corrected chi connectivity index (χ0v) is 22.0. The Hall–Kier alpha value is -3.86. The van der Waals surface area contributed by atoms with Gasteiger partial charge in [-0.2, -0.15) is 0 Å². The molecule has 1 aromatic carbocycles. The molecule has 0 radical (unpaired) electrons. The van der Waals surface area contributed by atoms with Crippen LogP contribution in [-0.4, -0.2) is 36.7 Å². The minimum Gasteiger partial charge on any atom is -0.486 e. The van der Waals surface area contributed by atoms with Gasteiger partial charge >= 0.3 is 0 Å². The molecule has 1 spiro atoms. The van der Waals surface area contributed by atoms with Crippen LogP contribution < -0.4 is 10.1 Å². The third-order valence-electron chi connectivity index (χ3n) is 9.53. The quantitative estimate of drug-likeness (QED) is 0.488. The second-order valence-corrected chi connectivity index (χ2v) is 11.4. The molecule has 3 aliphatic carbocycles. The molecule has 5 nitrogen and oxygen atoms in total. The monoisotopic (exact) mass is 515 g/mol. The highest BCUT2D eigenvalue weighted by atomic mass is 16.5. The van der Waals surface area contributed by atoms with E-state index in [-0.39, 0.29) is 29.6 Å². The Morgan fingerprint density at radius 1 is 1.03 bits per heavy atom. The molecular weight excluding hydrogens is 482 g/mol. The fraction of sp³-hybridized carbons (Fsp3) is 0.353. The summed E-state index contributed by atoms with van der Waals surface area (Å²) in [6, 6.07) is 8.99. The molecule has 6 unspecified atom stereocenters. The highest BCUT2D eigenvalue weighted by Gasteiger charge is 2.61. The molecule has 6 atom stereocenters. The summed E-state index contributed by atoms with van der Waals surface area (Å²) in [5.41, 5.74) is 6.06. The predicted octanol–water partition coefficient (Wildman–Crippen LogP) is 6.05. The van der Waals surface area contributed by atoms with Gasteiger partial charge < -0.3 is 14.8 Å². The van der Waals surface area contributed by atoms with Gasteiger partial charge in [0.15, 0.2) is 0 Å². The number of ether oxygens (including phenoxy) is 2. The van der Waals surface area contributed by atoms with E-state index in [2.05, 4.69) is 83.2 Å². The molecule has 1 N–H and O–H groups in total. The number of benzene rings is 1. The third-order valence-corrected chi connectivity index (χ3v) is 9.53. The number of nitrogens with one attached hydrogen (secondary N) is 1. The van der Waals surface area contributed by atoms with Crippen LogP contribution in [0, 0.1) is 11.8 Å². The topological polar surface area (TPSA) is 55.2 Å². The zero-order valence-electron chi connectivity index (χ0n) is 22.0. The van der Waals surface area contributed by atoms with Crippen molar-refractivity contribution in [1.82, 2.24) is 5.32 Å². The van der Waals surface area contributed by atoms with E-state index < -0.39 is 0 Å². The zero-order chi connectivity index (χ0) is 25.8. The molecular formula is C34H33N3O2. The number of para-hydroxylation sites is 1. The molecule has 0 amide bonds. The van der Waals surface area contributed by atoms with Crippen molar-refractivity contribution in [2.45, 2.75) is 55.8 Å². The first kappa shape index (κ1) is 23.1. The molecule has 4 aliphatic heterocycles. The highest BCUT2D eigenvalue weighted by Crippen LogP contribution is 2.63. The van der Waals surface area contributed by atoms with Crippen molar-refractivity contribution in [1.29, 1.82) is 0 Å². The average molecular weight is 516 g/mol. The molecule has 8 rings (SSSR count). The maximum atomic E-state index is 6.85. The van der Waals surface area contributed by atoms with Crippen LogP contribution in [0.25, 0.3) is 0 Å². The molecule has 4 heterocycles. The molecule has 1 aromatic rings. The Morgan fingerprint density at radius 3 is 2.87 bits per heavy atom. The lowest BCUT2D eigenvalue weighted by Gasteiger charge is -2.58. The number of hydrogen-bond donors (Lipinski definition) is 1. The number of nitrogens with zero attached hydrogens (tertiary/aromatic N) is 2. The lowest BCUT2D eigenvalue weighted by Crippen LogP contribution is -2.59. The van der Waals surface area contributed by atoms with Crippen LogP contribution in [-0.2, 0) is 10.2 Å². The van der Waals surface area contributed by atoms with Gasteiger partial charge in [-0.3, -0.25) is 9.98 Å². The van der Waals surface area contributed by atoms with Crippen LogP contribution in [0.3, 0.4) is 0 Å². The van der Waals surface area contributed by atoms with Crippen molar-refractivity contribution < 1.29 is 9.47 Å². The summed E-state index contributed by atoms with van der Waals surface area (Å²) in [6.45, 7) is 0.733. The first-order valence-electron chi connectivity index (χ1n) is 14.4. The largest absolute Gasteiger partial charge is 0.486 e. The maximum absolute atomic E-state index is 6.85. The Morgan fingerprint density at radius 2 is 1.97 bits per heavy atom. The number of hydrogen-bond acceptors (Lipinski definition) is 5. The van der Waals surface area contributed by atoms with E-state index in [1.54, 1.807) is 0 Å². The predicted molar refractivity (Wildman–Crippen MR) is 155 cm³/mol. The fourth-order valence-electron chi connectivity index (χ4n) is 7.92. The van der Waals surface area contributed by atoms with E-state index >= 15 is 0 Å². The van der Waals surface area contributed by atoms with E-state index in [0.717, 1.165) is 61.4 Å². The van der Waals surface area contributed by atoms with Gasteiger partial charge in [-0.25, -0.2) is 0 Å². The van der Waals surface area contributed by atoms with Crippen molar-refractivity contribution in [3.8, 4) is 5.75 Å². The summed E-state index contributed by atoms with van der Waals surface area (Å²) in [6.07, 6.45) is 29.3. The van der Waals surface area contributed by atoms with Gasteiger partial charge in [0.05, 0.1) is 18.3 Å². The molecule has 5 heteroatoms. The Balaban J connectivity index is 1.29. The summed E-state index contributed by atoms with van der Waals surface area (Å²) in [7, 11) is 0. The minimum atomic E-state index is -0.225. The van der Waals surface area contributed by atoms with Crippen LogP contribution in [0.5, 0.6) is 5.75 Å². The van der Waals surface area contributed by atoms with Crippen LogP contribution >= 0.6 is 0 Å². The second-order valence-electron chi connectivity index (χ2n) is 11.4. The minimum absolute atomic E-state index is 0.00316. The van der Waals surface area contributed by atoms with Crippen LogP contribution in [0.4, 0.5) is 0 Å². The molecule has 0 aromatic heterocycles. The lowest BCUT2D eigenvalue weighted by atomic mass is 9.50. The lowest BCUT2D eigenvalue weighted by molar-refractivity contribution is -0.0131. The highest BCUT2D eigenvalue weighted by molar-refractivity contribution is 6.05. The summed E-state index contributed by atoms with van der Waals surface area (Å²) in [5.74, 6) is 2.53. The first-order valence-corrected chi connectivity index (χ1v) is 14.4. The molecule has 1 fully saturated rings. The average Bonchev–Trinajstić information content (AvgIpc) is 3.01. The first-order chi connectivity index (χ1) is 19.3. The van der Waals surface area contributed by atoms with Gasteiger partial charge in [0.2, 0.25) is 0 Å². The van der Waals surface area contributed by atoms with Gasteiger partial charge in [0.1, 0.15) is 23.7 Å². The van der Waals surface area contributed by atoms with Crippen LogP contribution in [0.15, 0.2) is 118 Å². The molecule has 0 saturated carbocycles. The number of fused-ring (bicyclic) bond motifs is 8. The van der Waals surface area contributed by atoms with Crippen LogP contribution in [0.1, 0.15) is 37.7 Å². The van der Waals surface area contributed by atoms with Crippen molar-refractivity contribution in [2.24, 2.45) is 21.8 Å². The number of aliphatic imine (C=N–C) groups is 2. The van der Waals surface area contributed by atoms with Gasteiger partial charge in [-0.05, 0) is 73.6 Å². The van der Waals surface area contributed by atoms with E-state index in [0.29, 0.717) is 5.92 Å². The Bertz CT molecular complexity index is 1490. The van der Waals surface area contributed by atoms with Crippen molar-refractivity contribution >= 4 is 11.9 Å². The van der Waals surface area contributed by atoms with E-state index in [1.807, 2.05) is 18.6 Å². The number of rotatable bonds is 2. The normalized spacial score (nSPS) is 35.4. The van der Waals surface area contributed by atoms with Gasteiger partial charge in [-0.1, -0.05) is 42.5 Å². The second kappa shape index (κ2) is 9.11. The summed E-state index contributed by atoms with van der Waals surface area (Å²) >= 11 is 0. The fourth-order valence-corrected chi connectivity index (χ4v) is 7.92. The van der Waals surface area contributed by atoms with Gasteiger partial charge in [-0.15, -0.1) is 0 Å². The Labute approximate surface area is 229 Å². The number of dihydropyridines is 1. The number of allylic oxidation sites excluding steroid dienone is 5. The van der Waals surface area contributed by atoms with Crippen molar-refractivity contribution in [2.75, 3.05) is 6.54 Å².